The molecule has 0 atom stereocenters. The van der Waals surface area contributed by atoms with E-state index in [9.17, 15) is 0 Å². The first-order chi connectivity index (χ1) is 8.16. The molecule has 0 aliphatic rings. The van der Waals surface area contributed by atoms with E-state index >= 15 is 0 Å². The molecule has 0 N–H and O–H groups in total. The predicted molar refractivity (Wildman–Crippen MR) is 77.3 cm³/mol. The highest BCUT2D eigenvalue weighted by Crippen LogP contribution is 2.09. The van der Waals surface area contributed by atoms with Crippen molar-refractivity contribution < 1.29 is 0 Å². The lowest BCUT2D eigenvalue weighted by atomic mass is 10.2. The van der Waals surface area contributed by atoms with Crippen molar-refractivity contribution in [3.8, 4) is 0 Å². The van der Waals surface area contributed by atoms with E-state index in [2.05, 4.69) is 56.3 Å². The van der Waals surface area contributed by atoms with Crippen LogP contribution in [0.2, 0.25) is 0 Å². The fourth-order valence-electron chi connectivity index (χ4n) is 1.99. The van der Waals surface area contributed by atoms with E-state index in [1.54, 1.807) is 0 Å². The molecular formula is C15H16ClSi. The standard InChI is InChI=1S/C15H16ClSi/c1-12-8-9-15(13(2)10-12)17(16)11-14-6-4-3-5-7-14/h3-10H,11H2,1-2H3. The molecule has 0 aliphatic heterocycles. The van der Waals surface area contributed by atoms with Gasteiger partial charge < -0.3 is 0 Å². The van der Waals surface area contributed by atoms with Crippen molar-refractivity contribution in [1.82, 2.24) is 0 Å². The van der Waals surface area contributed by atoms with Gasteiger partial charge in [0.25, 0.3) is 0 Å². The van der Waals surface area contributed by atoms with Crippen molar-refractivity contribution >= 4 is 24.4 Å². The van der Waals surface area contributed by atoms with Crippen molar-refractivity contribution in [2.24, 2.45) is 0 Å². The Hall–Kier alpha value is -1.05. The van der Waals surface area contributed by atoms with Crippen LogP contribution in [0, 0.1) is 13.8 Å². The van der Waals surface area contributed by atoms with Crippen LogP contribution in [0.1, 0.15) is 16.7 Å². The third-order valence-corrected chi connectivity index (χ3v) is 5.75. The molecule has 0 unspecified atom stereocenters. The van der Waals surface area contributed by atoms with Crippen LogP contribution in [0.25, 0.3) is 0 Å². The molecule has 2 heteroatoms. The zero-order valence-electron chi connectivity index (χ0n) is 10.2. The zero-order chi connectivity index (χ0) is 12.3. The minimum atomic E-state index is -0.994. The highest BCUT2D eigenvalue weighted by molar-refractivity contribution is 7.14. The summed E-state index contributed by atoms with van der Waals surface area (Å²) in [5.41, 5.74) is 3.96. The van der Waals surface area contributed by atoms with E-state index in [1.807, 2.05) is 6.07 Å². The Kier molecular flexibility index (Phi) is 4.03. The van der Waals surface area contributed by atoms with Gasteiger partial charge in [-0.05, 0) is 30.6 Å². The first-order valence-corrected chi connectivity index (χ1v) is 8.51. The third kappa shape index (κ3) is 3.21. The number of benzene rings is 2. The monoisotopic (exact) mass is 259 g/mol. The number of halogens is 1. The molecule has 0 bridgehead atoms. The molecule has 87 valence electrons. The molecule has 2 aromatic rings. The van der Waals surface area contributed by atoms with Crippen LogP contribution in [-0.4, -0.2) is 8.11 Å². The van der Waals surface area contributed by atoms with Crippen LogP contribution >= 0.6 is 11.1 Å². The Morgan fingerprint density at radius 2 is 1.71 bits per heavy atom. The van der Waals surface area contributed by atoms with Crippen LogP contribution in [0.5, 0.6) is 0 Å². The lowest BCUT2D eigenvalue weighted by Crippen LogP contribution is -2.29. The molecule has 0 aromatic heterocycles. The maximum atomic E-state index is 6.60. The zero-order valence-corrected chi connectivity index (χ0v) is 12.0. The summed E-state index contributed by atoms with van der Waals surface area (Å²) in [6, 6.07) is 18.0. The van der Waals surface area contributed by atoms with Gasteiger partial charge in [-0.25, -0.2) is 0 Å². The van der Waals surface area contributed by atoms with Gasteiger partial charge in [-0.1, -0.05) is 59.7 Å². The molecule has 17 heavy (non-hydrogen) atoms. The van der Waals surface area contributed by atoms with Crippen LogP contribution in [0.4, 0.5) is 0 Å². The van der Waals surface area contributed by atoms with Crippen molar-refractivity contribution in [3.05, 3.63) is 65.2 Å². The molecular weight excluding hydrogens is 244 g/mol. The van der Waals surface area contributed by atoms with E-state index in [4.69, 9.17) is 11.1 Å². The summed E-state index contributed by atoms with van der Waals surface area (Å²) in [5.74, 6) is 0. The van der Waals surface area contributed by atoms with Crippen molar-refractivity contribution in [2.45, 2.75) is 19.9 Å². The van der Waals surface area contributed by atoms with E-state index in [0.29, 0.717) is 0 Å². The largest absolute Gasteiger partial charge is 0.204 e. The number of aryl methyl sites for hydroxylation is 2. The van der Waals surface area contributed by atoms with E-state index in [0.717, 1.165) is 6.04 Å². The Bertz CT molecular complexity index is 494. The molecule has 0 nitrogen and oxygen atoms in total. The number of rotatable bonds is 3. The summed E-state index contributed by atoms with van der Waals surface area (Å²) >= 11 is 6.60. The van der Waals surface area contributed by atoms with Crippen molar-refractivity contribution in [1.29, 1.82) is 0 Å². The lowest BCUT2D eigenvalue weighted by Gasteiger charge is -2.11. The van der Waals surface area contributed by atoms with Crippen LogP contribution < -0.4 is 5.19 Å². The highest BCUT2D eigenvalue weighted by Gasteiger charge is 2.14. The average Bonchev–Trinajstić information content (AvgIpc) is 2.30. The van der Waals surface area contributed by atoms with Gasteiger partial charge in [0.1, 0.15) is 0 Å². The van der Waals surface area contributed by atoms with E-state index in [1.165, 1.54) is 21.9 Å². The first kappa shape index (κ1) is 12.4. The molecule has 0 heterocycles. The first-order valence-electron chi connectivity index (χ1n) is 5.79. The molecule has 0 fully saturated rings. The van der Waals surface area contributed by atoms with Gasteiger partial charge in [0.2, 0.25) is 8.11 Å². The third-order valence-electron chi connectivity index (χ3n) is 2.88. The summed E-state index contributed by atoms with van der Waals surface area (Å²) in [6.45, 7) is 4.27. The van der Waals surface area contributed by atoms with Gasteiger partial charge in [0.05, 0.1) is 0 Å². The van der Waals surface area contributed by atoms with Crippen LogP contribution in [0.3, 0.4) is 0 Å². The molecule has 0 amide bonds. The van der Waals surface area contributed by atoms with Crippen LogP contribution in [-0.2, 0) is 6.04 Å². The fourth-order valence-corrected chi connectivity index (χ4v) is 4.64. The number of hydrogen-bond acceptors (Lipinski definition) is 0. The Morgan fingerprint density at radius 1 is 1.00 bits per heavy atom. The maximum Gasteiger partial charge on any atom is 0.204 e. The lowest BCUT2D eigenvalue weighted by molar-refractivity contribution is 1.36. The topological polar surface area (TPSA) is 0 Å². The molecule has 2 aromatic carbocycles. The molecule has 0 saturated heterocycles. The maximum absolute atomic E-state index is 6.60. The summed E-state index contributed by atoms with van der Waals surface area (Å²) in [7, 11) is -0.994. The molecule has 0 spiro atoms. The SMILES string of the molecule is Cc1ccc([Si](Cl)Cc2ccccc2)c(C)c1. The van der Waals surface area contributed by atoms with E-state index in [-0.39, 0.29) is 0 Å². The normalized spacial score (nSPS) is 10.8. The predicted octanol–water partition coefficient (Wildman–Crippen LogP) is 3.52. The number of hydrogen-bond donors (Lipinski definition) is 0. The second-order valence-corrected chi connectivity index (χ2v) is 7.46. The summed E-state index contributed by atoms with van der Waals surface area (Å²) in [4.78, 5) is 0. The second kappa shape index (κ2) is 5.52. The minimum Gasteiger partial charge on any atom is -0.162 e. The fraction of sp³-hybridized carbons (Fsp3) is 0.200. The minimum absolute atomic E-state index is 0.983. The Labute approximate surface area is 110 Å². The molecule has 1 radical (unpaired) electrons. The van der Waals surface area contributed by atoms with E-state index < -0.39 is 8.11 Å². The molecule has 2 rings (SSSR count). The average molecular weight is 260 g/mol. The van der Waals surface area contributed by atoms with Crippen molar-refractivity contribution in [3.63, 3.8) is 0 Å². The van der Waals surface area contributed by atoms with Gasteiger partial charge in [-0.2, -0.15) is 11.1 Å². The quantitative estimate of drug-likeness (QED) is 0.585. The van der Waals surface area contributed by atoms with Gasteiger partial charge in [0, 0.05) is 0 Å². The molecule has 0 saturated carbocycles. The van der Waals surface area contributed by atoms with Gasteiger partial charge in [-0.15, -0.1) is 0 Å². The highest BCUT2D eigenvalue weighted by atomic mass is 35.6. The van der Waals surface area contributed by atoms with Gasteiger partial charge in [0.15, 0.2) is 0 Å². The van der Waals surface area contributed by atoms with Gasteiger partial charge in [-0.3, -0.25) is 0 Å². The summed E-state index contributed by atoms with van der Waals surface area (Å²) < 4.78 is 0. The Morgan fingerprint density at radius 3 is 2.35 bits per heavy atom. The van der Waals surface area contributed by atoms with Crippen LogP contribution in [0.15, 0.2) is 48.5 Å². The summed E-state index contributed by atoms with van der Waals surface area (Å²) in [6.07, 6.45) is 0. The summed E-state index contributed by atoms with van der Waals surface area (Å²) in [5, 5.41) is 1.34. The smallest absolute Gasteiger partial charge is 0.162 e. The Balaban J connectivity index is 2.17. The molecule has 0 aliphatic carbocycles. The second-order valence-electron chi connectivity index (χ2n) is 4.39. The van der Waals surface area contributed by atoms with Gasteiger partial charge >= 0.3 is 0 Å². The van der Waals surface area contributed by atoms with Crippen molar-refractivity contribution in [2.75, 3.05) is 0 Å².